The van der Waals surface area contributed by atoms with Crippen molar-refractivity contribution in [2.45, 2.75) is 12.4 Å². The molecule has 9 heteroatoms. The summed E-state index contributed by atoms with van der Waals surface area (Å²) in [7, 11) is 0. The topological polar surface area (TPSA) is 35.0 Å². The van der Waals surface area contributed by atoms with E-state index in [2.05, 4.69) is 10.2 Å². The van der Waals surface area contributed by atoms with Crippen molar-refractivity contribution in [1.29, 1.82) is 0 Å². The fourth-order valence-corrected chi connectivity index (χ4v) is 3.88. The van der Waals surface area contributed by atoms with Crippen LogP contribution < -0.4 is 4.74 Å². The summed E-state index contributed by atoms with van der Waals surface area (Å²) in [6.07, 6.45) is -10.4. The molecule has 0 fully saturated rings. The number of benzene rings is 4. The first-order chi connectivity index (χ1) is 16.6. The van der Waals surface area contributed by atoms with E-state index in [-0.39, 0.29) is 5.88 Å². The Morgan fingerprint density at radius 2 is 1.17 bits per heavy atom. The minimum atomic E-state index is -5.23. The molecule has 35 heavy (non-hydrogen) atoms. The molecule has 0 saturated heterocycles. The summed E-state index contributed by atoms with van der Waals surface area (Å²) in [5, 5.41) is 11.1. The van der Waals surface area contributed by atoms with Crippen LogP contribution in [-0.4, -0.2) is 10.2 Å². The van der Waals surface area contributed by atoms with Gasteiger partial charge in [-0.3, -0.25) is 0 Å². The fraction of sp³-hybridized carbons (Fsp3) is 0.0769. The van der Waals surface area contributed by atoms with Crippen molar-refractivity contribution in [3.05, 3.63) is 96.1 Å². The van der Waals surface area contributed by atoms with Gasteiger partial charge in [-0.25, -0.2) is 0 Å². The zero-order valence-electron chi connectivity index (χ0n) is 17.7. The minimum Gasteiger partial charge on any atom is -0.437 e. The molecule has 0 bridgehead atoms. The van der Waals surface area contributed by atoms with E-state index >= 15 is 0 Å². The van der Waals surface area contributed by atoms with Gasteiger partial charge in [0, 0.05) is 16.3 Å². The van der Waals surface area contributed by atoms with Crippen LogP contribution in [0.2, 0.25) is 0 Å². The van der Waals surface area contributed by atoms with Gasteiger partial charge in [-0.15, -0.1) is 10.2 Å². The summed E-state index contributed by atoms with van der Waals surface area (Å²) in [6.45, 7) is 0. The molecule has 0 radical (unpaired) electrons. The normalized spacial score (nSPS) is 12.3. The Morgan fingerprint density at radius 3 is 1.80 bits per heavy atom. The highest BCUT2D eigenvalue weighted by Crippen LogP contribution is 2.43. The van der Waals surface area contributed by atoms with Gasteiger partial charge in [-0.05, 0) is 41.1 Å². The predicted molar refractivity (Wildman–Crippen MR) is 119 cm³/mol. The molecule has 0 N–H and O–H groups in total. The van der Waals surface area contributed by atoms with Crippen LogP contribution in [0.4, 0.5) is 26.3 Å². The van der Waals surface area contributed by atoms with Gasteiger partial charge < -0.3 is 4.74 Å². The van der Waals surface area contributed by atoms with Crippen LogP contribution in [0.1, 0.15) is 11.1 Å². The summed E-state index contributed by atoms with van der Waals surface area (Å²) in [4.78, 5) is 0. The fourth-order valence-electron chi connectivity index (χ4n) is 3.88. The van der Waals surface area contributed by atoms with Crippen LogP contribution >= 0.6 is 0 Å². The van der Waals surface area contributed by atoms with Crippen LogP contribution in [0.15, 0.2) is 84.9 Å². The SMILES string of the molecule is FC(F)(F)c1ccc(Oc2nnc(-c3ccccc3)c3cc4ccccc4cc23)cc1C(F)(F)F. The van der Waals surface area contributed by atoms with Crippen molar-refractivity contribution in [3.63, 3.8) is 0 Å². The van der Waals surface area contributed by atoms with E-state index in [0.29, 0.717) is 28.6 Å². The van der Waals surface area contributed by atoms with Crippen molar-refractivity contribution < 1.29 is 31.1 Å². The number of fused-ring (bicyclic) bond motifs is 2. The third-order valence-electron chi connectivity index (χ3n) is 5.48. The molecule has 176 valence electrons. The van der Waals surface area contributed by atoms with Crippen LogP contribution in [0.25, 0.3) is 32.8 Å². The molecule has 0 saturated carbocycles. The minimum absolute atomic E-state index is 0.127. The van der Waals surface area contributed by atoms with Gasteiger partial charge in [-0.2, -0.15) is 26.3 Å². The van der Waals surface area contributed by atoms with Crippen LogP contribution in [0.3, 0.4) is 0 Å². The van der Waals surface area contributed by atoms with E-state index in [9.17, 15) is 26.3 Å². The third-order valence-corrected chi connectivity index (χ3v) is 5.48. The number of halogens is 6. The number of rotatable bonds is 3. The molecule has 0 atom stereocenters. The zero-order chi connectivity index (χ0) is 24.8. The van der Waals surface area contributed by atoms with Gasteiger partial charge in [0.25, 0.3) is 0 Å². The standard InChI is InChI=1S/C26H14F6N2O/c27-25(28,29)21-11-10-18(14-22(21)26(30,31)32)35-24-20-13-17-9-5-4-8-16(17)12-19(20)23(33-34-24)15-6-2-1-3-7-15/h1-14H. The van der Waals surface area contributed by atoms with Crippen molar-refractivity contribution in [2.24, 2.45) is 0 Å². The number of nitrogens with zero attached hydrogens (tertiary/aromatic N) is 2. The smallest absolute Gasteiger partial charge is 0.417 e. The summed E-state index contributed by atoms with van der Waals surface area (Å²) in [5.74, 6) is -0.570. The molecule has 0 aliphatic heterocycles. The maximum absolute atomic E-state index is 13.4. The summed E-state index contributed by atoms with van der Waals surface area (Å²) in [6, 6.07) is 21.7. The molecule has 1 heterocycles. The Hall–Kier alpha value is -4.14. The van der Waals surface area contributed by atoms with E-state index in [0.717, 1.165) is 22.4 Å². The summed E-state index contributed by atoms with van der Waals surface area (Å²) < 4.78 is 85.1. The van der Waals surface area contributed by atoms with Crippen molar-refractivity contribution in [1.82, 2.24) is 10.2 Å². The zero-order valence-corrected chi connectivity index (χ0v) is 17.7. The maximum Gasteiger partial charge on any atom is 0.417 e. The molecule has 5 rings (SSSR count). The molecule has 3 nitrogen and oxygen atoms in total. The van der Waals surface area contributed by atoms with Crippen LogP contribution in [0, 0.1) is 0 Å². The van der Waals surface area contributed by atoms with Crippen molar-refractivity contribution in [2.75, 3.05) is 0 Å². The van der Waals surface area contributed by atoms with Crippen molar-refractivity contribution in [3.8, 4) is 22.9 Å². The monoisotopic (exact) mass is 484 g/mol. The Labute approximate surface area is 194 Å². The molecule has 4 aromatic carbocycles. The first kappa shape index (κ1) is 22.6. The van der Waals surface area contributed by atoms with Gasteiger partial charge >= 0.3 is 12.4 Å². The Balaban J connectivity index is 1.69. The molecule has 0 unspecified atom stereocenters. The molecule has 0 aliphatic rings. The van der Waals surface area contributed by atoms with E-state index in [1.807, 2.05) is 60.7 Å². The Morgan fingerprint density at radius 1 is 0.571 bits per heavy atom. The number of aromatic nitrogens is 2. The van der Waals surface area contributed by atoms with E-state index < -0.39 is 29.2 Å². The quantitative estimate of drug-likeness (QED) is 0.191. The molecule has 0 spiro atoms. The number of alkyl halides is 6. The average molecular weight is 484 g/mol. The van der Waals surface area contributed by atoms with Gasteiger partial charge in [-0.1, -0.05) is 54.6 Å². The van der Waals surface area contributed by atoms with E-state index in [4.69, 9.17) is 4.74 Å². The van der Waals surface area contributed by atoms with Crippen LogP contribution in [0.5, 0.6) is 11.6 Å². The second-order valence-corrected chi connectivity index (χ2v) is 7.77. The molecular formula is C26H14F6N2O. The van der Waals surface area contributed by atoms with Crippen LogP contribution in [-0.2, 0) is 12.4 Å². The molecule has 0 aliphatic carbocycles. The lowest BCUT2D eigenvalue weighted by Gasteiger charge is -2.17. The van der Waals surface area contributed by atoms with Gasteiger partial charge in [0.1, 0.15) is 11.4 Å². The molecule has 1 aromatic heterocycles. The second-order valence-electron chi connectivity index (χ2n) is 7.77. The highest BCUT2D eigenvalue weighted by atomic mass is 19.4. The largest absolute Gasteiger partial charge is 0.437 e. The van der Waals surface area contributed by atoms with Gasteiger partial charge in [0.05, 0.1) is 11.1 Å². The average Bonchev–Trinajstić information content (AvgIpc) is 2.82. The maximum atomic E-state index is 13.4. The first-order valence-corrected chi connectivity index (χ1v) is 10.3. The highest BCUT2D eigenvalue weighted by molar-refractivity contribution is 6.05. The number of hydrogen-bond donors (Lipinski definition) is 0. The highest BCUT2D eigenvalue weighted by Gasteiger charge is 2.43. The Kier molecular flexibility index (Phi) is 5.35. The van der Waals surface area contributed by atoms with E-state index in [1.54, 1.807) is 6.07 Å². The Bertz CT molecular complexity index is 1550. The number of ether oxygens (including phenoxy) is 1. The number of hydrogen-bond acceptors (Lipinski definition) is 3. The molecule has 0 amide bonds. The van der Waals surface area contributed by atoms with Crippen molar-refractivity contribution >= 4 is 21.5 Å². The molecular weight excluding hydrogens is 470 g/mol. The predicted octanol–water partition coefficient (Wildman–Crippen LogP) is 8.28. The summed E-state index contributed by atoms with van der Waals surface area (Å²) >= 11 is 0. The van der Waals surface area contributed by atoms with Gasteiger partial charge in [0.15, 0.2) is 0 Å². The van der Waals surface area contributed by atoms with E-state index in [1.165, 1.54) is 0 Å². The van der Waals surface area contributed by atoms with Gasteiger partial charge in [0.2, 0.25) is 5.88 Å². The first-order valence-electron chi connectivity index (χ1n) is 10.3. The third kappa shape index (κ3) is 4.37. The summed E-state index contributed by atoms with van der Waals surface area (Å²) in [5.41, 5.74) is -2.34. The lowest BCUT2D eigenvalue weighted by Crippen LogP contribution is -2.16. The second kappa shape index (κ2) is 8.26. The lowest BCUT2D eigenvalue weighted by atomic mass is 10.0. The molecule has 5 aromatic rings. The lowest BCUT2D eigenvalue weighted by molar-refractivity contribution is -0.162.